The number of imidazole rings is 1. The molecule has 1 aliphatic rings. The van der Waals surface area contributed by atoms with E-state index < -0.39 is 0 Å². The van der Waals surface area contributed by atoms with Crippen molar-refractivity contribution in [1.29, 1.82) is 0 Å². The average Bonchev–Trinajstić information content (AvgIpc) is 2.65. The van der Waals surface area contributed by atoms with E-state index in [9.17, 15) is 4.79 Å². The van der Waals surface area contributed by atoms with Gasteiger partial charge in [-0.2, -0.15) is 0 Å². The first-order chi connectivity index (χ1) is 9.81. The van der Waals surface area contributed by atoms with Gasteiger partial charge in [0, 0.05) is 19.3 Å². The molecule has 4 nitrogen and oxygen atoms in total. The lowest BCUT2D eigenvalue weighted by molar-refractivity contribution is 0.111. The van der Waals surface area contributed by atoms with E-state index >= 15 is 0 Å². The molecule has 2 aromatic rings. The minimum absolute atomic E-state index is 0.501. The summed E-state index contributed by atoms with van der Waals surface area (Å²) in [6, 6.07) is 6.32. The van der Waals surface area contributed by atoms with Crippen LogP contribution in [0.4, 0.5) is 5.82 Å². The Balaban J connectivity index is 1.97. The minimum Gasteiger partial charge on any atom is -0.355 e. The summed E-state index contributed by atoms with van der Waals surface area (Å²) in [5.41, 5.74) is 1.50. The highest BCUT2D eigenvalue weighted by molar-refractivity contribution is 5.83. The molecule has 0 bridgehead atoms. The summed E-state index contributed by atoms with van der Waals surface area (Å²) in [4.78, 5) is 18.3. The first-order valence-electron chi connectivity index (χ1n) is 7.46. The SMILES string of the molecule is CN(c1nc2ccccn2c1C=O)C1CCCCCC1. The van der Waals surface area contributed by atoms with Crippen LogP contribution in [-0.4, -0.2) is 28.8 Å². The van der Waals surface area contributed by atoms with Gasteiger partial charge in [-0.1, -0.05) is 31.7 Å². The zero-order chi connectivity index (χ0) is 13.9. The molecule has 0 spiro atoms. The number of carbonyl (C=O) groups excluding carboxylic acids is 1. The van der Waals surface area contributed by atoms with Crippen LogP contribution in [0, 0.1) is 0 Å². The molecule has 20 heavy (non-hydrogen) atoms. The van der Waals surface area contributed by atoms with Crippen molar-refractivity contribution in [2.75, 3.05) is 11.9 Å². The maximum atomic E-state index is 11.5. The Kier molecular flexibility index (Phi) is 3.72. The van der Waals surface area contributed by atoms with Crippen LogP contribution < -0.4 is 4.90 Å². The Bertz CT molecular complexity index is 597. The van der Waals surface area contributed by atoms with Crippen molar-refractivity contribution in [2.24, 2.45) is 0 Å². The summed E-state index contributed by atoms with van der Waals surface area (Å²) < 4.78 is 1.87. The molecule has 106 valence electrons. The van der Waals surface area contributed by atoms with Gasteiger partial charge in [-0.3, -0.25) is 9.20 Å². The van der Waals surface area contributed by atoms with Crippen molar-refractivity contribution >= 4 is 17.8 Å². The van der Waals surface area contributed by atoms with Crippen molar-refractivity contribution in [3.05, 3.63) is 30.1 Å². The minimum atomic E-state index is 0.501. The molecule has 0 amide bonds. The van der Waals surface area contributed by atoms with E-state index in [0.717, 1.165) is 17.8 Å². The highest BCUT2D eigenvalue weighted by atomic mass is 16.1. The van der Waals surface area contributed by atoms with Gasteiger partial charge < -0.3 is 4.90 Å². The zero-order valence-corrected chi connectivity index (χ0v) is 12.0. The number of pyridine rings is 1. The molecule has 3 rings (SSSR count). The number of hydrogen-bond donors (Lipinski definition) is 0. The Morgan fingerprint density at radius 3 is 2.70 bits per heavy atom. The molecule has 0 aliphatic heterocycles. The first kappa shape index (κ1) is 13.2. The molecule has 0 N–H and O–H groups in total. The zero-order valence-electron chi connectivity index (χ0n) is 12.0. The van der Waals surface area contributed by atoms with Gasteiger partial charge in [0.05, 0.1) is 0 Å². The number of anilines is 1. The monoisotopic (exact) mass is 271 g/mol. The fraction of sp³-hybridized carbons (Fsp3) is 0.500. The summed E-state index contributed by atoms with van der Waals surface area (Å²) in [7, 11) is 2.07. The number of nitrogens with zero attached hydrogens (tertiary/aromatic N) is 3. The maximum absolute atomic E-state index is 11.5. The fourth-order valence-electron chi connectivity index (χ4n) is 3.19. The molecule has 0 atom stereocenters. The first-order valence-corrected chi connectivity index (χ1v) is 7.46. The van der Waals surface area contributed by atoms with Gasteiger partial charge in [-0.15, -0.1) is 0 Å². The lowest BCUT2D eigenvalue weighted by Gasteiger charge is -2.27. The van der Waals surface area contributed by atoms with Gasteiger partial charge in [0.25, 0.3) is 0 Å². The van der Waals surface area contributed by atoms with E-state index in [1.54, 1.807) is 0 Å². The van der Waals surface area contributed by atoms with Crippen LogP contribution in [0.3, 0.4) is 0 Å². The molecule has 0 radical (unpaired) electrons. The highest BCUT2D eigenvalue weighted by Gasteiger charge is 2.22. The summed E-state index contributed by atoms with van der Waals surface area (Å²) in [5.74, 6) is 0.818. The summed E-state index contributed by atoms with van der Waals surface area (Å²) in [6.45, 7) is 0. The third-order valence-electron chi connectivity index (χ3n) is 4.37. The average molecular weight is 271 g/mol. The van der Waals surface area contributed by atoms with E-state index in [0.29, 0.717) is 11.7 Å². The lowest BCUT2D eigenvalue weighted by atomic mass is 10.1. The number of fused-ring (bicyclic) bond motifs is 1. The normalized spacial score (nSPS) is 17.1. The molecule has 1 fully saturated rings. The number of carbonyl (C=O) groups is 1. The van der Waals surface area contributed by atoms with Gasteiger partial charge in [0.1, 0.15) is 11.3 Å². The maximum Gasteiger partial charge on any atom is 0.170 e. The molecule has 1 aliphatic carbocycles. The largest absolute Gasteiger partial charge is 0.355 e. The smallest absolute Gasteiger partial charge is 0.170 e. The Labute approximate surface area is 119 Å². The van der Waals surface area contributed by atoms with E-state index in [2.05, 4.69) is 16.9 Å². The van der Waals surface area contributed by atoms with Crippen molar-refractivity contribution in [2.45, 2.75) is 44.6 Å². The van der Waals surface area contributed by atoms with Gasteiger partial charge in [-0.05, 0) is 25.0 Å². The van der Waals surface area contributed by atoms with E-state index in [-0.39, 0.29) is 0 Å². The van der Waals surface area contributed by atoms with Crippen molar-refractivity contribution < 1.29 is 4.79 Å². The molecule has 2 aromatic heterocycles. The van der Waals surface area contributed by atoms with Crippen molar-refractivity contribution in [3.8, 4) is 0 Å². The second kappa shape index (κ2) is 5.65. The standard InChI is InChI=1S/C16H21N3O/c1-18(13-8-4-2-3-5-9-13)16-14(12-20)19-11-7-6-10-15(19)17-16/h6-7,10-13H,2-5,8-9H2,1H3. The summed E-state index contributed by atoms with van der Waals surface area (Å²) in [6.07, 6.45) is 10.4. The number of rotatable bonds is 3. The summed E-state index contributed by atoms with van der Waals surface area (Å²) >= 11 is 0. The van der Waals surface area contributed by atoms with Crippen LogP contribution in [0.1, 0.15) is 49.0 Å². The lowest BCUT2D eigenvalue weighted by Crippen LogP contribution is -2.32. The van der Waals surface area contributed by atoms with Gasteiger partial charge in [0.15, 0.2) is 12.1 Å². The van der Waals surface area contributed by atoms with Crippen LogP contribution >= 0.6 is 0 Å². The van der Waals surface area contributed by atoms with Crippen LogP contribution in [0.15, 0.2) is 24.4 Å². The molecular formula is C16H21N3O. The number of aldehydes is 1. The van der Waals surface area contributed by atoms with E-state index in [1.807, 2.05) is 28.8 Å². The fourth-order valence-corrected chi connectivity index (χ4v) is 3.19. The third-order valence-corrected chi connectivity index (χ3v) is 4.37. The summed E-state index contributed by atoms with van der Waals surface area (Å²) in [5, 5.41) is 0. The van der Waals surface area contributed by atoms with E-state index in [4.69, 9.17) is 0 Å². The van der Waals surface area contributed by atoms with Gasteiger partial charge >= 0.3 is 0 Å². The van der Waals surface area contributed by atoms with Crippen LogP contribution in [0.25, 0.3) is 5.65 Å². The molecule has 4 heteroatoms. The van der Waals surface area contributed by atoms with Crippen LogP contribution in [0.5, 0.6) is 0 Å². The van der Waals surface area contributed by atoms with Crippen molar-refractivity contribution in [1.82, 2.24) is 9.38 Å². The molecule has 1 saturated carbocycles. The van der Waals surface area contributed by atoms with E-state index in [1.165, 1.54) is 38.5 Å². The van der Waals surface area contributed by atoms with Crippen LogP contribution in [-0.2, 0) is 0 Å². The predicted octanol–water partition coefficient (Wildman–Crippen LogP) is 3.31. The Morgan fingerprint density at radius 2 is 2.00 bits per heavy atom. The second-order valence-electron chi connectivity index (χ2n) is 5.62. The van der Waals surface area contributed by atoms with Crippen LogP contribution in [0.2, 0.25) is 0 Å². The Hall–Kier alpha value is -1.84. The predicted molar refractivity (Wildman–Crippen MR) is 80.5 cm³/mol. The van der Waals surface area contributed by atoms with Gasteiger partial charge in [0.2, 0.25) is 0 Å². The second-order valence-corrected chi connectivity index (χ2v) is 5.62. The molecule has 0 aromatic carbocycles. The Morgan fingerprint density at radius 1 is 1.25 bits per heavy atom. The van der Waals surface area contributed by atoms with Gasteiger partial charge in [-0.25, -0.2) is 4.98 Å². The van der Waals surface area contributed by atoms with Crippen molar-refractivity contribution in [3.63, 3.8) is 0 Å². The molecule has 0 unspecified atom stereocenters. The number of aromatic nitrogens is 2. The number of hydrogen-bond acceptors (Lipinski definition) is 3. The molecule has 2 heterocycles. The third kappa shape index (κ3) is 2.30. The highest BCUT2D eigenvalue weighted by Crippen LogP contribution is 2.27. The molecule has 0 saturated heterocycles. The topological polar surface area (TPSA) is 37.6 Å². The molecular weight excluding hydrogens is 250 g/mol. The quantitative estimate of drug-likeness (QED) is 0.635.